The van der Waals surface area contributed by atoms with Gasteiger partial charge in [0.05, 0.1) is 12.4 Å². The summed E-state index contributed by atoms with van der Waals surface area (Å²) in [4.78, 5) is 8.65. The summed E-state index contributed by atoms with van der Waals surface area (Å²) in [7, 11) is 15.0. The Hall–Kier alpha value is -2.54. The first-order chi connectivity index (χ1) is 22.8. The summed E-state index contributed by atoms with van der Waals surface area (Å²) in [6.07, 6.45) is 7.26. The SMILES string of the molecule is Brc1cccnc1.Cc1cc(C)c(N2[CH-]N(c3c(C)cc(C)cc3C)CC2)c(C)c1.[CH2-][n+]1cccc(Br)c1.[Cl][Ru]([Cl])=[CH]c1ccccc1. The van der Waals surface area contributed by atoms with E-state index in [1.807, 2.05) is 71.6 Å². The van der Waals surface area contributed by atoms with Gasteiger partial charge in [-0.3, -0.25) is 4.98 Å². The van der Waals surface area contributed by atoms with Gasteiger partial charge in [0.15, 0.2) is 0 Å². The average molecular weight is 900 g/mol. The molecule has 6 rings (SSSR count). The van der Waals surface area contributed by atoms with E-state index in [4.69, 9.17) is 19.4 Å². The fraction of sp³-hybridized carbons (Fsp3) is 0.205. The third-order valence-electron chi connectivity index (χ3n) is 7.15. The Balaban J connectivity index is 0.000000204. The van der Waals surface area contributed by atoms with Gasteiger partial charge in [0.1, 0.15) is 0 Å². The molecule has 2 aromatic heterocycles. The number of anilines is 2. The van der Waals surface area contributed by atoms with Crippen molar-refractivity contribution in [1.82, 2.24) is 4.98 Å². The molecule has 1 saturated heterocycles. The molecule has 0 atom stereocenters. The molecule has 256 valence electrons. The van der Waals surface area contributed by atoms with Crippen LogP contribution >= 0.6 is 51.2 Å². The Morgan fingerprint density at radius 2 is 1.25 bits per heavy atom. The summed E-state index contributed by atoms with van der Waals surface area (Å²) in [5, 5.41) is 0. The van der Waals surface area contributed by atoms with E-state index in [0.717, 1.165) is 27.6 Å². The molecular formula is C39H43Br2Cl2N4Ru-. The van der Waals surface area contributed by atoms with Gasteiger partial charge < -0.3 is 14.4 Å². The van der Waals surface area contributed by atoms with Crippen LogP contribution in [0.3, 0.4) is 0 Å². The van der Waals surface area contributed by atoms with E-state index in [1.54, 1.807) is 17.0 Å². The van der Waals surface area contributed by atoms with Crippen LogP contribution in [0.5, 0.6) is 0 Å². The summed E-state index contributed by atoms with van der Waals surface area (Å²) >= 11 is 4.94. The number of nitrogens with zero attached hydrogens (tertiary/aromatic N) is 4. The summed E-state index contributed by atoms with van der Waals surface area (Å²) in [5.41, 5.74) is 12.0. The number of halogens is 4. The second-order valence-corrected chi connectivity index (χ2v) is 19.0. The standard InChI is InChI=1S/C21H27N2.C7H6.C6H6BrN.C5H4BrN.2ClH.Ru/c1-14-9-16(3)20(17(4)10-14)22-7-8-23(13-22)21-18(5)11-15(2)12-19(21)6;1-7-5-3-2-4-6-7;1-8-4-2-3-6(7)5-8;6-5-2-1-3-7-4-5;;;/h9-13H,7-8H2,1-6H3;1-6H;2-5H,1H2;1-4H;2*1H;/q-1;;;;;;+2/p-2. The van der Waals surface area contributed by atoms with Crippen LogP contribution in [0.15, 0.2) is 113 Å². The molecule has 48 heavy (non-hydrogen) atoms. The second-order valence-electron chi connectivity index (χ2n) is 11.4. The molecular weight excluding hydrogens is 856 g/mol. The van der Waals surface area contributed by atoms with Crippen LogP contribution in [0.25, 0.3) is 0 Å². The normalized spacial score (nSPS) is 12.1. The fourth-order valence-electron chi connectivity index (χ4n) is 5.53. The van der Waals surface area contributed by atoms with E-state index in [0.29, 0.717) is 0 Å². The zero-order chi connectivity index (χ0) is 35.2. The number of aryl methyl sites for hydroxylation is 6. The maximum absolute atomic E-state index is 5.67. The summed E-state index contributed by atoms with van der Waals surface area (Å²) < 4.78 is 5.74. The molecule has 4 nitrogen and oxygen atoms in total. The van der Waals surface area contributed by atoms with Crippen LogP contribution < -0.4 is 14.4 Å². The van der Waals surface area contributed by atoms with Crippen molar-refractivity contribution in [2.75, 3.05) is 22.9 Å². The van der Waals surface area contributed by atoms with E-state index < -0.39 is 13.5 Å². The summed E-state index contributed by atoms with van der Waals surface area (Å²) in [6, 6.07) is 26.7. The van der Waals surface area contributed by atoms with Gasteiger partial charge in [-0.2, -0.15) is 6.67 Å². The topological polar surface area (TPSA) is 23.3 Å². The van der Waals surface area contributed by atoms with Crippen LogP contribution in [0, 0.1) is 55.3 Å². The molecule has 0 unspecified atom stereocenters. The molecule has 0 spiro atoms. The molecule has 3 heterocycles. The molecule has 0 aliphatic carbocycles. The quantitative estimate of drug-likeness (QED) is 0.102. The molecule has 0 N–H and O–H groups in total. The molecule has 9 heteroatoms. The molecule has 1 aliphatic heterocycles. The summed E-state index contributed by atoms with van der Waals surface area (Å²) in [5.74, 6) is 0. The van der Waals surface area contributed by atoms with Crippen molar-refractivity contribution in [3.63, 3.8) is 0 Å². The van der Waals surface area contributed by atoms with E-state index >= 15 is 0 Å². The van der Waals surface area contributed by atoms with Crippen molar-refractivity contribution in [2.24, 2.45) is 0 Å². The first-order valence-corrected chi connectivity index (χ1v) is 22.4. The third kappa shape index (κ3) is 13.4. The summed E-state index contributed by atoms with van der Waals surface area (Å²) in [6.45, 7) is 17.6. The van der Waals surface area contributed by atoms with Gasteiger partial charge >= 0.3 is 73.4 Å². The first kappa shape index (κ1) is 39.9. The number of hydrogen-bond donors (Lipinski definition) is 0. The first-order valence-electron chi connectivity index (χ1n) is 15.3. The monoisotopic (exact) mass is 897 g/mol. The van der Waals surface area contributed by atoms with E-state index in [9.17, 15) is 0 Å². The van der Waals surface area contributed by atoms with Gasteiger partial charge in [0.2, 0.25) is 0 Å². The number of rotatable bonds is 3. The predicted molar refractivity (Wildman–Crippen MR) is 211 cm³/mol. The zero-order valence-electron chi connectivity index (χ0n) is 28.2. The van der Waals surface area contributed by atoms with Gasteiger partial charge in [0, 0.05) is 52.9 Å². The molecule has 1 fully saturated rings. The van der Waals surface area contributed by atoms with Crippen LogP contribution in [0.1, 0.15) is 38.9 Å². The predicted octanol–water partition coefficient (Wildman–Crippen LogP) is 11.0. The molecule has 0 radical (unpaired) electrons. The molecule has 0 amide bonds. The van der Waals surface area contributed by atoms with Crippen molar-refractivity contribution in [3.8, 4) is 0 Å². The number of pyridine rings is 2. The van der Waals surface area contributed by atoms with Crippen molar-refractivity contribution >= 4 is 67.2 Å². The van der Waals surface area contributed by atoms with Crippen molar-refractivity contribution < 1.29 is 18.1 Å². The van der Waals surface area contributed by atoms with E-state index in [-0.39, 0.29) is 0 Å². The average Bonchev–Trinajstić information content (AvgIpc) is 3.46. The van der Waals surface area contributed by atoms with Crippen molar-refractivity contribution in [2.45, 2.75) is 41.5 Å². The van der Waals surface area contributed by atoms with Crippen molar-refractivity contribution in [1.29, 1.82) is 0 Å². The van der Waals surface area contributed by atoms with Gasteiger partial charge in [-0.1, -0.05) is 63.5 Å². The van der Waals surface area contributed by atoms with Crippen LogP contribution in [-0.2, 0) is 13.5 Å². The van der Waals surface area contributed by atoms with Gasteiger partial charge in [-0.15, -0.1) is 0 Å². The Bertz CT molecular complexity index is 1660. The maximum atomic E-state index is 5.67. The van der Waals surface area contributed by atoms with E-state index in [1.165, 1.54) is 44.8 Å². The second kappa shape index (κ2) is 20.2. The molecule has 1 aliphatic rings. The third-order valence-corrected chi connectivity index (χ3v) is 9.96. The zero-order valence-corrected chi connectivity index (χ0v) is 34.7. The number of benzene rings is 3. The minimum atomic E-state index is -1.61. The van der Waals surface area contributed by atoms with Crippen LogP contribution in [0.2, 0.25) is 0 Å². The van der Waals surface area contributed by atoms with Crippen molar-refractivity contribution in [3.05, 3.63) is 165 Å². The van der Waals surface area contributed by atoms with Crippen LogP contribution in [-0.4, -0.2) is 22.7 Å². The van der Waals surface area contributed by atoms with Crippen LogP contribution in [0.4, 0.5) is 11.4 Å². The Morgan fingerprint density at radius 3 is 1.60 bits per heavy atom. The Labute approximate surface area is 317 Å². The number of aromatic nitrogens is 2. The fourth-order valence-corrected chi connectivity index (χ4v) is 8.04. The Morgan fingerprint density at radius 1 is 0.750 bits per heavy atom. The van der Waals surface area contributed by atoms with E-state index in [2.05, 4.69) is 126 Å². The Kier molecular flexibility index (Phi) is 16.8. The van der Waals surface area contributed by atoms with Gasteiger partial charge in [-0.25, -0.2) is 0 Å². The molecule has 0 bridgehead atoms. The van der Waals surface area contributed by atoms with Gasteiger partial charge in [0.25, 0.3) is 0 Å². The molecule has 0 saturated carbocycles. The number of hydrogen-bond acceptors (Lipinski definition) is 3. The minimum absolute atomic E-state index is 1.02. The van der Waals surface area contributed by atoms with Gasteiger partial charge in [-0.05, 0) is 91.9 Å². The molecule has 3 aromatic carbocycles. The molecule has 5 aromatic rings.